The Hall–Kier alpha value is -3.79. The van der Waals surface area contributed by atoms with E-state index in [4.69, 9.17) is 14.3 Å². The molecule has 0 saturated carbocycles. The van der Waals surface area contributed by atoms with Gasteiger partial charge in [0.05, 0.1) is 18.5 Å². The molecule has 3 aromatic rings. The molecule has 4 rings (SSSR count). The topological polar surface area (TPSA) is 118 Å². The number of aromatic nitrogens is 4. The maximum absolute atomic E-state index is 13.0. The number of furan rings is 1. The maximum Gasteiger partial charge on any atom is 0.490 e. The summed E-state index contributed by atoms with van der Waals surface area (Å²) in [6, 6.07) is 1.74. The molecule has 32 heavy (non-hydrogen) atoms. The smallest absolute Gasteiger partial charge is 0.475 e. The third-order valence-electron chi connectivity index (χ3n) is 4.52. The van der Waals surface area contributed by atoms with Crippen LogP contribution in [0.3, 0.4) is 0 Å². The average molecular weight is 452 g/mol. The van der Waals surface area contributed by atoms with E-state index in [1.165, 1.54) is 18.9 Å². The number of carboxylic acid groups (broad SMARTS) is 1. The first-order chi connectivity index (χ1) is 15.3. The van der Waals surface area contributed by atoms with E-state index in [-0.39, 0.29) is 5.69 Å². The summed E-state index contributed by atoms with van der Waals surface area (Å²) in [6.07, 6.45) is -0.510. The number of rotatable bonds is 3. The molecule has 3 aromatic heterocycles. The second-order valence-corrected chi connectivity index (χ2v) is 6.52. The highest BCUT2D eigenvalue weighted by Crippen LogP contribution is 2.24. The van der Waals surface area contributed by atoms with Crippen molar-refractivity contribution in [1.82, 2.24) is 24.4 Å². The Morgan fingerprint density at radius 1 is 1.31 bits per heavy atom. The molecule has 0 aliphatic carbocycles. The van der Waals surface area contributed by atoms with E-state index in [1.807, 2.05) is 0 Å². The van der Waals surface area contributed by atoms with Gasteiger partial charge in [0.15, 0.2) is 11.5 Å². The van der Waals surface area contributed by atoms with Crippen LogP contribution in [0.2, 0.25) is 0 Å². The van der Waals surface area contributed by atoms with Gasteiger partial charge in [-0.15, -0.1) is 5.92 Å². The van der Waals surface area contributed by atoms with Gasteiger partial charge in [-0.05, 0) is 6.92 Å². The van der Waals surface area contributed by atoms with Gasteiger partial charge in [-0.1, -0.05) is 5.92 Å². The lowest BCUT2D eigenvalue weighted by molar-refractivity contribution is -0.192. The van der Waals surface area contributed by atoms with Crippen molar-refractivity contribution in [2.24, 2.45) is 0 Å². The Balaban J connectivity index is 0.000000360. The molecule has 0 aromatic carbocycles. The van der Waals surface area contributed by atoms with Crippen molar-refractivity contribution >= 4 is 23.0 Å². The van der Waals surface area contributed by atoms with E-state index < -0.39 is 12.1 Å². The van der Waals surface area contributed by atoms with Crippen LogP contribution in [0.5, 0.6) is 0 Å². The Morgan fingerprint density at radius 3 is 2.56 bits per heavy atom. The SMILES string of the molecule is CC#CCn1c(=O)n(-c2ccoc2)c2ncnc(N3CCNCC3)c21.O=C(O)C(F)(F)F. The Kier molecular flexibility index (Phi) is 6.84. The molecule has 0 spiro atoms. The van der Waals surface area contributed by atoms with Gasteiger partial charge < -0.3 is 19.7 Å². The average Bonchev–Trinajstić information content (AvgIpc) is 3.38. The minimum atomic E-state index is -5.08. The lowest BCUT2D eigenvalue weighted by atomic mass is 10.3. The van der Waals surface area contributed by atoms with E-state index in [0.717, 1.165) is 32.0 Å². The molecular weight excluding hydrogens is 433 g/mol. The number of anilines is 1. The fraction of sp³-hybridized carbons (Fsp3) is 0.368. The van der Waals surface area contributed by atoms with Crippen LogP contribution in [-0.2, 0) is 11.3 Å². The number of nitrogens with zero attached hydrogens (tertiary/aromatic N) is 5. The number of imidazole rings is 1. The first-order valence-electron chi connectivity index (χ1n) is 9.40. The summed E-state index contributed by atoms with van der Waals surface area (Å²) in [6.45, 7) is 5.48. The fourth-order valence-electron chi connectivity index (χ4n) is 3.10. The summed E-state index contributed by atoms with van der Waals surface area (Å²) in [7, 11) is 0. The van der Waals surface area contributed by atoms with E-state index >= 15 is 0 Å². The van der Waals surface area contributed by atoms with E-state index in [2.05, 4.69) is 32.0 Å². The summed E-state index contributed by atoms with van der Waals surface area (Å²) in [5, 5.41) is 10.5. The molecule has 4 heterocycles. The van der Waals surface area contributed by atoms with Crippen molar-refractivity contribution in [3.8, 4) is 17.5 Å². The van der Waals surface area contributed by atoms with Crippen LogP contribution in [0.15, 0.2) is 34.1 Å². The van der Waals surface area contributed by atoms with Gasteiger partial charge in [-0.2, -0.15) is 13.2 Å². The highest BCUT2D eigenvalue weighted by Gasteiger charge is 2.38. The number of carboxylic acids is 1. The summed E-state index contributed by atoms with van der Waals surface area (Å²) in [5.41, 5.74) is 1.71. The van der Waals surface area contributed by atoms with Crippen LogP contribution in [-0.4, -0.2) is 62.5 Å². The first-order valence-corrected chi connectivity index (χ1v) is 9.40. The van der Waals surface area contributed by atoms with Gasteiger partial charge in [0, 0.05) is 32.2 Å². The number of alkyl halides is 3. The van der Waals surface area contributed by atoms with Crippen LogP contribution in [0.25, 0.3) is 16.9 Å². The Bertz CT molecular complexity index is 1200. The second-order valence-electron chi connectivity index (χ2n) is 6.52. The minimum Gasteiger partial charge on any atom is -0.475 e. The molecule has 1 fully saturated rings. The van der Waals surface area contributed by atoms with Gasteiger partial charge in [-0.25, -0.2) is 24.1 Å². The maximum atomic E-state index is 13.0. The second kappa shape index (κ2) is 9.56. The van der Waals surface area contributed by atoms with Crippen LogP contribution >= 0.6 is 0 Å². The van der Waals surface area contributed by atoms with Crippen LogP contribution < -0.4 is 15.9 Å². The molecule has 1 aliphatic rings. The molecular formula is C19H19F3N6O4. The zero-order chi connectivity index (χ0) is 23.3. The van der Waals surface area contributed by atoms with Crippen molar-refractivity contribution in [1.29, 1.82) is 0 Å². The molecule has 0 radical (unpaired) electrons. The fourth-order valence-corrected chi connectivity index (χ4v) is 3.10. The summed E-state index contributed by atoms with van der Waals surface area (Å²) in [5.74, 6) is 3.84. The van der Waals surface area contributed by atoms with Gasteiger partial charge in [0.2, 0.25) is 0 Å². The van der Waals surface area contributed by atoms with Crippen molar-refractivity contribution in [2.75, 3.05) is 31.1 Å². The van der Waals surface area contributed by atoms with Gasteiger partial charge in [0.25, 0.3) is 0 Å². The Morgan fingerprint density at radius 2 is 2.00 bits per heavy atom. The monoisotopic (exact) mass is 452 g/mol. The number of nitrogens with one attached hydrogen (secondary N) is 1. The number of halogens is 3. The van der Waals surface area contributed by atoms with Gasteiger partial charge in [0.1, 0.15) is 18.1 Å². The number of fused-ring (bicyclic) bond motifs is 1. The molecule has 170 valence electrons. The molecule has 0 bridgehead atoms. The highest BCUT2D eigenvalue weighted by molar-refractivity contribution is 5.85. The third-order valence-corrected chi connectivity index (χ3v) is 4.52. The van der Waals surface area contributed by atoms with Gasteiger partial charge >= 0.3 is 17.8 Å². The predicted molar refractivity (Wildman–Crippen MR) is 108 cm³/mol. The molecule has 0 amide bonds. The molecule has 2 N–H and O–H groups in total. The minimum absolute atomic E-state index is 0.198. The van der Waals surface area contributed by atoms with Crippen LogP contribution in [0.4, 0.5) is 19.0 Å². The van der Waals surface area contributed by atoms with E-state index in [1.54, 1.807) is 22.1 Å². The summed E-state index contributed by atoms with van der Waals surface area (Å²) >= 11 is 0. The largest absolute Gasteiger partial charge is 0.490 e. The number of hydrogen-bond donors (Lipinski definition) is 2. The van der Waals surface area contributed by atoms with Crippen molar-refractivity contribution < 1.29 is 27.5 Å². The molecule has 0 unspecified atom stereocenters. The quantitative estimate of drug-likeness (QED) is 0.570. The molecule has 0 atom stereocenters. The van der Waals surface area contributed by atoms with Gasteiger partial charge in [-0.3, -0.25) is 4.57 Å². The van der Waals surface area contributed by atoms with Crippen molar-refractivity contribution in [2.45, 2.75) is 19.6 Å². The van der Waals surface area contributed by atoms with Crippen LogP contribution in [0, 0.1) is 11.8 Å². The van der Waals surface area contributed by atoms with Crippen molar-refractivity contribution in [3.05, 3.63) is 35.4 Å². The number of piperazine rings is 1. The zero-order valence-electron chi connectivity index (χ0n) is 16.9. The third kappa shape index (κ3) is 4.75. The van der Waals surface area contributed by atoms with Crippen LogP contribution in [0.1, 0.15) is 6.92 Å². The van der Waals surface area contributed by atoms with Crippen molar-refractivity contribution in [3.63, 3.8) is 0 Å². The number of hydrogen-bond acceptors (Lipinski definition) is 7. The number of aliphatic carboxylic acids is 1. The Labute approximate surface area is 179 Å². The standard InChI is InChI=1S/C17H18N6O2.C2HF3O2/c1-2-3-7-22-14-15(21-8-5-18-6-9-21)19-12-20-16(14)23(17(22)24)13-4-10-25-11-13;3-2(4,5)1(6)7/h4,10-12,18H,5-9H2,1H3;(H,6,7). The molecule has 1 aliphatic heterocycles. The molecule has 10 nitrogen and oxygen atoms in total. The zero-order valence-corrected chi connectivity index (χ0v) is 16.9. The normalized spacial score (nSPS) is 13.8. The molecule has 13 heteroatoms. The highest BCUT2D eigenvalue weighted by atomic mass is 19.4. The van der Waals surface area contributed by atoms with E-state index in [9.17, 15) is 18.0 Å². The van der Waals surface area contributed by atoms with E-state index in [0.29, 0.717) is 23.4 Å². The lowest BCUT2D eigenvalue weighted by Gasteiger charge is -2.28. The summed E-state index contributed by atoms with van der Waals surface area (Å²) in [4.78, 5) is 33.0. The summed E-state index contributed by atoms with van der Waals surface area (Å²) < 4.78 is 40.1. The first kappa shape index (κ1) is 22.9. The lowest BCUT2D eigenvalue weighted by Crippen LogP contribution is -2.44. The molecule has 1 saturated heterocycles. The number of carbonyl (C=O) groups is 1. The predicted octanol–water partition coefficient (Wildman–Crippen LogP) is 1.24.